The summed E-state index contributed by atoms with van der Waals surface area (Å²) in [7, 11) is 0. The molecule has 0 spiro atoms. The maximum atomic E-state index is 11.0. The molecule has 0 bridgehead atoms. The molecule has 0 radical (unpaired) electrons. The Bertz CT molecular complexity index is 433. The molecule has 0 aromatic heterocycles. The molecule has 0 amide bonds. The van der Waals surface area contributed by atoms with Gasteiger partial charge < -0.3 is 9.84 Å². The van der Waals surface area contributed by atoms with E-state index in [9.17, 15) is 4.79 Å². The van der Waals surface area contributed by atoms with Crippen LogP contribution < -0.4 is 4.74 Å². The monoisotopic (exact) mass is 263 g/mol. The highest BCUT2D eigenvalue weighted by Crippen LogP contribution is 2.19. The molecular formula is C15H21NO3. The third-order valence-corrected chi connectivity index (χ3v) is 3.69. The summed E-state index contributed by atoms with van der Waals surface area (Å²) in [6.45, 7) is 4.75. The van der Waals surface area contributed by atoms with Crippen molar-refractivity contribution in [2.24, 2.45) is 0 Å². The lowest BCUT2D eigenvalue weighted by atomic mass is 10.0. The molecule has 0 saturated carbocycles. The Labute approximate surface area is 114 Å². The highest BCUT2D eigenvalue weighted by Gasteiger charge is 2.18. The van der Waals surface area contributed by atoms with E-state index in [2.05, 4.69) is 11.8 Å². The van der Waals surface area contributed by atoms with Gasteiger partial charge in [-0.3, -0.25) is 4.90 Å². The maximum absolute atomic E-state index is 11.0. The molecule has 1 aromatic rings. The second-order valence-electron chi connectivity index (χ2n) is 5.03. The van der Waals surface area contributed by atoms with Gasteiger partial charge in [-0.2, -0.15) is 0 Å². The third-order valence-electron chi connectivity index (χ3n) is 3.69. The van der Waals surface area contributed by atoms with Crippen molar-refractivity contribution in [2.75, 3.05) is 19.7 Å². The quantitative estimate of drug-likeness (QED) is 0.887. The number of ether oxygens (including phenoxy) is 1. The van der Waals surface area contributed by atoms with E-state index in [-0.39, 0.29) is 5.56 Å². The number of benzene rings is 1. The standard InChI is InChI=1S/C15H21NO3/c1-12-6-4-5-9-16(12)10-11-19-14-8-3-2-7-13(14)15(17)18/h2-3,7-8,12H,4-6,9-11H2,1H3,(H,17,18)/t12-/m1/s1. The van der Waals surface area contributed by atoms with Gasteiger partial charge in [-0.1, -0.05) is 18.6 Å². The number of carboxylic acid groups (broad SMARTS) is 1. The average Bonchev–Trinajstić information content (AvgIpc) is 2.41. The van der Waals surface area contributed by atoms with Crippen molar-refractivity contribution in [1.82, 2.24) is 4.90 Å². The summed E-state index contributed by atoms with van der Waals surface area (Å²) in [5.74, 6) is -0.485. The first-order valence-corrected chi connectivity index (χ1v) is 6.87. The summed E-state index contributed by atoms with van der Waals surface area (Å²) in [5, 5.41) is 9.07. The van der Waals surface area contributed by atoms with E-state index >= 15 is 0 Å². The molecule has 1 atom stereocenters. The number of piperidine rings is 1. The van der Waals surface area contributed by atoms with Gasteiger partial charge in [0.15, 0.2) is 0 Å². The van der Waals surface area contributed by atoms with Crippen LogP contribution in [-0.4, -0.2) is 41.7 Å². The van der Waals surface area contributed by atoms with Crippen LogP contribution in [-0.2, 0) is 0 Å². The van der Waals surface area contributed by atoms with Crippen LogP contribution >= 0.6 is 0 Å². The van der Waals surface area contributed by atoms with Crippen molar-refractivity contribution in [2.45, 2.75) is 32.2 Å². The fourth-order valence-electron chi connectivity index (χ4n) is 2.53. The van der Waals surface area contributed by atoms with E-state index in [4.69, 9.17) is 9.84 Å². The number of aromatic carboxylic acids is 1. The molecule has 1 fully saturated rings. The topological polar surface area (TPSA) is 49.8 Å². The van der Waals surface area contributed by atoms with Gasteiger partial charge in [0.05, 0.1) is 0 Å². The SMILES string of the molecule is C[C@@H]1CCCCN1CCOc1ccccc1C(=O)O. The lowest BCUT2D eigenvalue weighted by molar-refractivity contribution is 0.0690. The summed E-state index contributed by atoms with van der Waals surface area (Å²) < 4.78 is 5.63. The van der Waals surface area contributed by atoms with E-state index in [1.807, 2.05) is 0 Å². The van der Waals surface area contributed by atoms with Crippen LogP contribution in [0.15, 0.2) is 24.3 Å². The molecule has 104 valence electrons. The lowest BCUT2D eigenvalue weighted by Gasteiger charge is -2.33. The molecule has 2 rings (SSSR count). The highest BCUT2D eigenvalue weighted by atomic mass is 16.5. The molecule has 1 saturated heterocycles. The smallest absolute Gasteiger partial charge is 0.339 e. The summed E-state index contributed by atoms with van der Waals surface area (Å²) in [6.07, 6.45) is 3.79. The van der Waals surface area contributed by atoms with E-state index in [0.717, 1.165) is 13.1 Å². The number of rotatable bonds is 5. The Morgan fingerprint density at radius 1 is 1.42 bits per heavy atom. The first-order chi connectivity index (χ1) is 9.18. The molecule has 0 unspecified atom stereocenters. The average molecular weight is 263 g/mol. The third kappa shape index (κ3) is 3.70. The second-order valence-corrected chi connectivity index (χ2v) is 5.03. The highest BCUT2D eigenvalue weighted by molar-refractivity contribution is 5.90. The van der Waals surface area contributed by atoms with Gasteiger partial charge >= 0.3 is 5.97 Å². The Balaban J connectivity index is 1.87. The van der Waals surface area contributed by atoms with Crippen molar-refractivity contribution in [3.05, 3.63) is 29.8 Å². The minimum Gasteiger partial charge on any atom is -0.491 e. The van der Waals surface area contributed by atoms with E-state index < -0.39 is 5.97 Å². The predicted octanol–water partition coefficient (Wildman–Crippen LogP) is 2.64. The molecule has 1 heterocycles. The van der Waals surface area contributed by atoms with E-state index in [1.54, 1.807) is 24.3 Å². The number of carbonyl (C=O) groups is 1. The molecule has 4 heteroatoms. The number of carboxylic acids is 1. The van der Waals surface area contributed by atoms with Gasteiger partial charge in [0.25, 0.3) is 0 Å². The minimum atomic E-state index is -0.943. The van der Waals surface area contributed by atoms with Gasteiger partial charge in [0, 0.05) is 12.6 Å². The Morgan fingerprint density at radius 2 is 2.21 bits per heavy atom. The normalized spacial score (nSPS) is 20.2. The van der Waals surface area contributed by atoms with Crippen molar-refractivity contribution in [1.29, 1.82) is 0 Å². The largest absolute Gasteiger partial charge is 0.491 e. The predicted molar refractivity (Wildman–Crippen MR) is 73.8 cm³/mol. The van der Waals surface area contributed by atoms with Crippen molar-refractivity contribution < 1.29 is 14.6 Å². The molecular weight excluding hydrogens is 242 g/mol. The zero-order chi connectivity index (χ0) is 13.7. The van der Waals surface area contributed by atoms with Gasteiger partial charge in [-0.25, -0.2) is 4.79 Å². The molecule has 19 heavy (non-hydrogen) atoms. The Kier molecular flexibility index (Phi) is 4.80. The first-order valence-electron chi connectivity index (χ1n) is 6.87. The van der Waals surface area contributed by atoms with Crippen LogP contribution in [0.4, 0.5) is 0 Å². The maximum Gasteiger partial charge on any atom is 0.339 e. The number of hydrogen-bond donors (Lipinski definition) is 1. The fraction of sp³-hybridized carbons (Fsp3) is 0.533. The zero-order valence-electron chi connectivity index (χ0n) is 11.3. The van der Waals surface area contributed by atoms with Crippen LogP contribution in [0.5, 0.6) is 5.75 Å². The zero-order valence-corrected chi connectivity index (χ0v) is 11.3. The lowest BCUT2D eigenvalue weighted by Crippen LogP contribution is -2.39. The number of nitrogens with zero attached hydrogens (tertiary/aromatic N) is 1. The van der Waals surface area contributed by atoms with E-state index in [0.29, 0.717) is 18.4 Å². The van der Waals surface area contributed by atoms with Gasteiger partial charge in [-0.15, -0.1) is 0 Å². The number of hydrogen-bond acceptors (Lipinski definition) is 3. The summed E-state index contributed by atoms with van der Waals surface area (Å²) >= 11 is 0. The molecule has 1 aliphatic rings. The van der Waals surface area contributed by atoms with Gasteiger partial charge in [0.2, 0.25) is 0 Å². The fourth-order valence-corrected chi connectivity index (χ4v) is 2.53. The molecule has 1 aromatic carbocycles. The van der Waals surface area contributed by atoms with Crippen LogP contribution in [0, 0.1) is 0 Å². The van der Waals surface area contributed by atoms with Crippen molar-refractivity contribution in [3.63, 3.8) is 0 Å². The minimum absolute atomic E-state index is 0.231. The Hall–Kier alpha value is -1.55. The summed E-state index contributed by atoms with van der Waals surface area (Å²) in [5.41, 5.74) is 0.231. The van der Waals surface area contributed by atoms with Crippen LogP contribution in [0.1, 0.15) is 36.5 Å². The molecule has 0 aliphatic carbocycles. The van der Waals surface area contributed by atoms with Crippen molar-refractivity contribution >= 4 is 5.97 Å². The van der Waals surface area contributed by atoms with Crippen molar-refractivity contribution in [3.8, 4) is 5.75 Å². The molecule has 1 N–H and O–H groups in total. The molecule has 1 aliphatic heterocycles. The van der Waals surface area contributed by atoms with Crippen LogP contribution in [0.3, 0.4) is 0 Å². The Morgan fingerprint density at radius 3 is 2.95 bits per heavy atom. The number of para-hydroxylation sites is 1. The first kappa shape index (κ1) is 13.9. The van der Waals surface area contributed by atoms with Gasteiger partial charge in [0.1, 0.15) is 17.9 Å². The molecule has 4 nitrogen and oxygen atoms in total. The summed E-state index contributed by atoms with van der Waals surface area (Å²) in [4.78, 5) is 13.5. The van der Waals surface area contributed by atoms with Crippen LogP contribution in [0.2, 0.25) is 0 Å². The number of likely N-dealkylation sites (tertiary alicyclic amines) is 1. The van der Waals surface area contributed by atoms with Crippen LogP contribution in [0.25, 0.3) is 0 Å². The second kappa shape index (κ2) is 6.57. The van der Waals surface area contributed by atoms with E-state index in [1.165, 1.54) is 19.3 Å². The summed E-state index contributed by atoms with van der Waals surface area (Å²) in [6, 6.07) is 7.39. The van der Waals surface area contributed by atoms with Gasteiger partial charge in [-0.05, 0) is 38.4 Å².